The van der Waals surface area contributed by atoms with Crippen LogP contribution in [-0.2, 0) is 0 Å². The molecule has 0 amide bonds. The van der Waals surface area contributed by atoms with Crippen molar-refractivity contribution in [1.82, 2.24) is 19.8 Å². The molecular formula is C12H21N7O2. The first kappa shape index (κ1) is 15.4. The Morgan fingerprint density at radius 1 is 1.33 bits per heavy atom. The van der Waals surface area contributed by atoms with Crippen LogP contribution in [0.4, 0.5) is 17.3 Å². The lowest BCUT2D eigenvalue weighted by Gasteiger charge is -2.35. The van der Waals surface area contributed by atoms with E-state index in [-0.39, 0.29) is 11.5 Å². The predicted octanol–water partition coefficient (Wildman–Crippen LogP) is -0.349. The van der Waals surface area contributed by atoms with Gasteiger partial charge in [-0.15, -0.1) is 0 Å². The van der Waals surface area contributed by atoms with Gasteiger partial charge in [-0.1, -0.05) is 0 Å². The number of rotatable bonds is 5. The first-order valence-electron chi connectivity index (χ1n) is 6.86. The van der Waals surface area contributed by atoms with Gasteiger partial charge in [-0.2, -0.15) is 0 Å². The molecule has 1 fully saturated rings. The van der Waals surface area contributed by atoms with Gasteiger partial charge in [0.15, 0.2) is 0 Å². The molecule has 0 aromatic carbocycles. The third-order valence-electron chi connectivity index (χ3n) is 3.55. The predicted molar refractivity (Wildman–Crippen MR) is 80.3 cm³/mol. The highest BCUT2D eigenvalue weighted by Gasteiger charge is 2.27. The molecule has 21 heavy (non-hydrogen) atoms. The van der Waals surface area contributed by atoms with Crippen molar-refractivity contribution in [3.8, 4) is 0 Å². The van der Waals surface area contributed by atoms with Crippen LogP contribution in [0, 0.1) is 10.1 Å². The summed E-state index contributed by atoms with van der Waals surface area (Å²) in [6, 6.07) is 0. The maximum absolute atomic E-state index is 11.1. The second kappa shape index (κ2) is 6.64. The summed E-state index contributed by atoms with van der Waals surface area (Å²) < 4.78 is 0. The van der Waals surface area contributed by atoms with Crippen molar-refractivity contribution in [2.45, 2.75) is 0 Å². The van der Waals surface area contributed by atoms with Crippen molar-refractivity contribution in [2.75, 3.05) is 64.0 Å². The Hall–Kier alpha value is -2.00. The fraction of sp³-hybridized carbons (Fsp3) is 0.667. The molecule has 0 bridgehead atoms. The second-order valence-corrected chi connectivity index (χ2v) is 5.32. The monoisotopic (exact) mass is 295 g/mol. The fourth-order valence-electron chi connectivity index (χ4n) is 2.31. The number of nitrogen functional groups attached to an aromatic ring is 1. The van der Waals surface area contributed by atoms with E-state index in [1.54, 1.807) is 0 Å². The van der Waals surface area contributed by atoms with Gasteiger partial charge in [-0.3, -0.25) is 15.0 Å². The molecule has 1 aliphatic heterocycles. The van der Waals surface area contributed by atoms with E-state index in [0.717, 1.165) is 26.2 Å². The van der Waals surface area contributed by atoms with E-state index in [4.69, 9.17) is 5.73 Å². The number of piperazine rings is 1. The quantitative estimate of drug-likeness (QED) is 0.580. The van der Waals surface area contributed by atoms with Gasteiger partial charge in [0.2, 0.25) is 11.6 Å². The van der Waals surface area contributed by atoms with Gasteiger partial charge in [0.05, 0.1) is 4.92 Å². The Kier molecular flexibility index (Phi) is 4.86. The average Bonchev–Trinajstić information content (AvgIpc) is 2.45. The van der Waals surface area contributed by atoms with Crippen LogP contribution in [0.1, 0.15) is 0 Å². The number of nitrogens with zero attached hydrogens (tertiary/aromatic N) is 6. The number of likely N-dealkylation sites (N-methyl/N-ethyl adjacent to an activating group) is 1. The molecular weight excluding hydrogens is 274 g/mol. The summed E-state index contributed by atoms with van der Waals surface area (Å²) in [5.41, 5.74) is 5.41. The number of hydrogen-bond donors (Lipinski definition) is 1. The first-order chi connectivity index (χ1) is 9.99. The van der Waals surface area contributed by atoms with Crippen LogP contribution < -0.4 is 10.6 Å². The van der Waals surface area contributed by atoms with Crippen molar-refractivity contribution in [2.24, 2.45) is 0 Å². The lowest BCUT2D eigenvalue weighted by atomic mass is 10.3. The molecule has 116 valence electrons. The number of aromatic nitrogens is 2. The summed E-state index contributed by atoms with van der Waals surface area (Å²) in [5.74, 6) is 0.236. The van der Waals surface area contributed by atoms with E-state index in [2.05, 4.69) is 19.8 Å². The summed E-state index contributed by atoms with van der Waals surface area (Å²) in [6.07, 6.45) is 1.27. The average molecular weight is 295 g/mol. The largest absolute Gasteiger partial charge is 0.378 e. The molecule has 0 atom stereocenters. The minimum absolute atomic E-state index is 0.0833. The summed E-state index contributed by atoms with van der Waals surface area (Å²) in [5, 5.41) is 11.1. The number of nitrogens with two attached hydrogens (primary N) is 1. The number of hydrogen-bond acceptors (Lipinski definition) is 8. The molecule has 1 aromatic rings. The molecule has 1 saturated heterocycles. The minimum Gasteiger partial charge on any atom is -0.378 e. The molecule has 0 aliphatic carbocycles. The smallest absolute Gasteiger partial charge is 0.353 e. The van der Waals surface area contributed by atoms with Crippen molar-refractivity contribution in [1.29, 1.82) is 0 Å². The molecule has 1 aliphatic rings. The Bertz CT molecular complexity index is 500. The van der Waals surface area contributed by atoms with Gasteiger partial charge in [0.1, 0.15) is 6.33 Å². The maximum atomic E-state index is 11.1. The SMILES string of the molecule is CN(C)CCN1CCN(c2ncnc(N)c2[N+](=O)[O-])CC1. The third-order valence-corrected chi connectivity index (χ3v) is 3.55. The van der Waals surface area contributed by atoms with Gasteiger partial charge in [-0.05, 0) is 14.1 Å². The summed E-state index contributed by atoms with van der Waals surface area (Å²) in [6.45, 7) is 5.11. The van der Waals surface area contributed by atoms with Gasteiger partial charge in [-0.25, -0.2) is 9.97 Å². The van der Waals surface area contributed by atoms with Crippen LogP contribution in [-0.4, -0.2) is 78.1 Å². The number of nitro groups is 1. The molecule has 0 unspecified atom stereocenters. The Morgan fingerprint density at radius 3 is 2.57 bits per heavy atom. The number of anilines is 2. The second-order valence-electron chi connectivity index (χ2n) is 5.32. The highest BCUT2D eigenvalue weighted by atomic mass is 16.6. The minimum atomic E-state index is -0.511. The van der Waals surface area contributed by atoms with Crippen molar-refractivity contribution in [3.63, 3.8) is 0 Å². The molecule has 2 heterocycles. The van der Waals surface area contributed by atoms with Gasteiger partial charge in [0.25, 0.3) is 0 Å². The molecule has 1 aromatic heterocycles. The van der Waals surface area contributed by atoms with Gasteiger partial charge in [0, 0.05) is 39.3 Å². The fourth-order valence-corrected chi connectivity index (χ4v) is 2.31. The normalized spacial score (nSPS) is 16.4. The Labute approximate surface area is 123 Å². The highest BCUT2D eigenvalue weighted by Crippen LogP contribution is 2.30. The zero-order valence-electron chi connectivity index (χ0n) is 12.4. The Morgan fingerprint density at radius 2 is 2.00 bits per heavy atom. The molecule has 9 heteroatoms. The van der Waals surface area contributed by atoms with Crippen LogP contribution >= 0.6 is 0 Å². The topological polar surface area (TPSA) is 105 Å². The highest BCUT2D eigenvalue weighted by molar-refractivity contribution is 5.68. The molecule has 0 spiro atoms. The zero-order chi connectivity index (χ0) is 15.4. The molecule has 2 N–H and O–H groups in total. The first-order valence-corrected chi connectivity index (χ1v) is 6.86. The molecule has 2 rings (SSSR count). The van der Waals surface area contributed by atoms with Crippen molar-refractivity contribution in [3.05, 3.63) is 16.4 Å². The van der Waals surface area contributed by atoms with E-state index < -0.39 is 4.92 Å². The Balaban J connectivity index is 2.03. The lowest BCUT2D eigenvalue weighted by molar-refractivity contribution is -0.383. The summed E-state index contributed by atoms with van der Waals surface area (Å²) in [7, 11) is 4.09. The molecule has 0 radical (unpaired) electrons. The van der Waals surface area contributed by atoms with E-state index in [1.165, 1.54) is 6.33 Å². The van der Waals surface area contributed by atoms with Gasteiger partial charge < -0.3 is 15.5 Å². The van der Waals surface area contributed by atoms with E-state index in [1.807, 2.05) is 19.0 Å². The van der Waals surface area contributed by atoms with Crippen LogP contribution in [0.2, 0.25) is 0 Å². The summed E-state index contributed by atoms with van der Waals surface area (Å²) in [4.78, 5) is 24.8. The molecule has 0 saturated carbocycles. The van der Waals surface area contributed by atoms with Gasteiger partial charge >= 0.3 is 5.69 Å². The van der Waals surface area contributed by atoms with E-state index in [0.29, 0.717) is 18.9 Å². The van der Waals surface area contributed by atoms with Crippen LogP contribution in [0.5, 0.6) is 0 Å². The molecule has 9 nitrogen and oxygen atoms in total. The van der Waals surface area contributed by atoms with E-state index >= 15 is 0 Å². The zero-order valence-corrected chi connectivity index (χ0v) is 12.4. The third kappa shape index (κ3) is 3.76. The lowest BCUT2D eigenvalue weighted by Crippen LogP contribution is -2.48. The maximum Gasteiger partial charge on any atom is 0.353 e. The van der Waals surface area contributed by atoms with Crippen LogP contribution in [0.25, 0.3) is 0 Å². The van der Waals surface area contributed by atoms with Crippen LogP contribution in [0.3, 0.4) is 0 Å². The van der Waals surface area contributed by atoms with Crippen molar-refractivity contribution < 1.29 is 4.92 Å². The summed E-state index contributed by atoms with van der Waals surface area (Å²) >= 11 is 0. The standard InChI is InChI=1S/C12H21N7O2/c1-16(2)3-4-17-5-7-18(8-6-17)12-10(19(20)21)11(13)14-9-15-12/h9H,3-8H2,1-2H3,(H2,13,14,15). The van der Waals surface area contributed by atoms with Crippen molar-refractivity contribution >= 4 is 17.3 Å². The van der Waals surface area contributed by atoms with Crippen LogP contribution in [0.15, 0.2) is 6.33 Å². The van der Waals surface area contributed by atoms with E-state index in [9.17, 15) is 10.1 Å².